The van der Waals surface area contributed by atoms with Crippen molar-refractivity contribution in [1.82, 2.24) is 20.5 Å². The maximum Gasteiger partial charge on any atom is 0.0270 e. The summed E-state index contributed by atoms with van der Waals surface area (Å²) in [7, 11) is 0. The fraction of sp³-hybridized carbons (Fsp3) is 0.615. The van der Waals surface area contributed by atoms with Gasteiger partial charge in [-0.3, -0.25) is 9.88 Å². The first-order valence-corrected chi connectivity index (χ1v) is 6.48. The molecule has 0 aromatic carbocycles. The van der Waals surface area contributed by atoms with Gasteiger partial charge in [0.15, 0.2) is 0 Å². The summed E-state index contributed by atoms with van der Waals surface area (Å²) in [5.41, 5.74) is 1.36. The minimum atomic E-state index is 1.05. The maximum atomic E-state index is 4.02. The van der Waals surface area contributed by atoms with Gasteiger partial charge in [-0.25, -0.2) is 0 Å². The highest BCUT2D eigenvalue weighted by atomic mass is 15.2. The van der Waals surface area contributed by atoms with Crippen molar-refractivity contribution in [3.8, 4) is 0 Å². The normalized spacial score (nSPS) is 17.2. The predicted octanol–water partition coefficient (Wildman–Crippen LogP) is 0.119. The van der Waals surface area contributed by atoms with Crippen molar-refractivity contribution in [2.75, 3.05) is 45.8 Å². The SMILES string of the molecule is c1cc(CCNCCN2CCNCC2)ccn1. The number of hydrogen-bond acceptors (Lipinski definition) is 4. The van der Waals surface area contributed by atoms with E-state index >= 15 is 0 Å². The Labute approximate surface area is 103 Å². The largest absolute Gasteiger partial charge is 0.315 e. The van der Waals surface area contributed by atoms with Gasteiger partial charge in [-0.15, -0.1) is 0 Å². The highest BCUT2D eigenvalue weighted by molar-refractivity contribution is 5.09. The molecule has 0 atom stereocenters. The molecule has 0 bridgehead atoms. The van der Waals surface area contributed by atoms with Crippen molar-refractivity contribution in [2.45, 2.75) is 6.42 Å². The lowest BCUT2D eigenvalue weighted by molar-refractivity contribution is 0.241. The van der Waals surface area contributed by atoms with Crippen molar-refractivity contribution in [1.29, 1.82) is 0 Å². The summed E-state index contributed by atoms with van der Waals surface area (Å²) in [5.74, 6) is 0. The molecule has 17 heavy (non-hydrogen) atoms. The molecule has 1 aliphatic heterocycles. The van der Waals surface area contributed by atoms with E-state index < -0.39 is 0 Å². The van der Waals surface area contributed by atoms with Gasteiger partial charge in [-0.05, 0) is 30.7 Å². The molecule has 0 spiro atoms. The van der Waals surface area contributed by atoms with E-state index in [1.165, 1.54) is 18.7 Å². The zero-order valence-electron chi connectivity index (χ0n) is 10.4. The Morgan fingerprint density at radius 1 is 1.18 bits per heavy atom. The number of nitrogens with one attached hydrogen (secondary N) is 2. The molecule has 1 aromatic rings. The molecule has 2 rings (SSSR count). The molecular formula is C13H22N4. The number of rotatable bonds is 6. The van der Waals surface area contributed by atoms with Crippen LogP contribution in [0.2, 0.25) is 0 Å². The minimum Gasteiger partial charge on any atom is -0.315 e. The van der Waals surface area contributed by atoms with E-state index in [4.69, 9.17) is 0 Å². The molecule has 4 heteroatoms. The molecule has 2 heterocycles. The molecule has 0 saturated carbocycles. The first-order valence-electron chi connectivity index (χ1n) is 6.48. The van der Waals surface area contributed by atoms with Gasteiger partial charge in [0.1, 0.15) is 0 Å². The van der Waals surface area contributed by atoms with E-state index in [1.807, 2.05) is 12.4 Å². The Balaban J connectivity index is 1.51. The van der Waals surface area contributed by atoms with Crippen LogP contribution in [0.15, 0.2) is 24.5 Å². The number of piperazine rings is 1. The van der Waals surface area contributed by atoms with Crippen LogP contribution in [0.25, 0.3) is 0 Å². The van der Waals surface area contributed by atoms with E-state index in [0.717, 1.165) is 39.1 Å². The molecule has 4 nitrogen and oxygen atoms in total. The fourth-order valence-electron chi connectivity index (χ4n) is 2.08. The van der Waals surface area contributed by atoms with Crippen molar-refractivity contribution in [3.05, 3.63) is 30.1 Å². The molecular weight excluding hydrogens is 212 g/mol. The molecule has 0 radical (unpaired) electrons. The van der Waals surface area contributed by atoms with E-state index in [2.05, 4.69) is 32.7 Å². The summed E-state index contributed by atoms with van der Waals surface area (Å²) in [5, 5.41) is 6.87. The van der Waals surface area contributed by atoms with Gasteiger partial charge in [0, 0.05) is 51.7 Å². The number of aromatic nitrogens is 1. The van der Waals surface area contributed by atoms with Gasteiger partial charge < -0.3 is 10.6 Å². The van der Waals surface area contributed by atoms with Gasteiger partial charge in [-0.2, -0.15) is 0 Å². The molecule has 94 valence electrons. The van der Waals surface area contributed by atoms with Gasteiger partial charge in [0.05, 0.1) is 0 Å². The second-order valence-corrected chi connectivity index (χ2v) is 4.45. The fourth-order valence-corrected chi connectivity index (χ4v) is 2.08. The topological polar surface area (TPSA) is 40.2 Å². The summed E-state index contributed by atoms with van der Waals surface area (Å²) < 4.78 is 0. The van der Waals surface area contributed by atoms with Crippen LogP contribution in [0.4, 0.5) is 0 Å². The maximum absolute atomic E-state index is 4.02. The lowest BCUT2D eigenvalue weighted by Crippen LogP contribution is -2.45. The lowest BCUT2D eigenvalue weighted by atomic mass is 10.2. The van der Waals surface area contributed by atoms with Crippen LogP contribution < -0.4 is 10.6 Å². The zero-order valence-corrected chi connectivity index (χ0v) is 10.4. The zero-order chi connectivity index (χ0) is 11.8. The second kappa shape index (κ2) is 7.37. The first kappa shape index (κ1) is 12.5. The lowest BCUT2D eigenvalue weighted by Gasteiger charge is -2.27. The van der Waals surface area contributed by atoms with Gasteiger partial charge in [-0.1, -0.05) is 0 Å². The van der Waals surface area contributed by atoms with E-state index in [0.29, 0.717) is 0 Å². The van der Waals surface area contributed by atoms with Crippen LogP contribution in [0.5, 0.6) is 0 Å². The quantitative estimate of drug-likeness (QED) is 0.686. The van der Waals surface area contributed by atoms with Crippen LogP contribution in [-0.2, 0) is 6.42 Å². The number of pyridine rings is 1. The summed E-state index contributed by atoms with van der Waals surface area (Å²) >= 11 is 0. The standard InChI is InChI=1S/C13H22N4/c1-4-14-5-2-13(1)3-6-15-7-10-17-11-8-16-9-12-17/h1-2,4-5,15-16H,3,6-12H2. The van der Waals surface area contributed by atoms with Crippen molar-refractivity contribution in [3.63, 3.8) is 0 Å². The average Bonchev–Trinajstić information content (AvgIpc) is 2.41. The Hall–Kier alpha value is -0.970. The third kappa shape index (κ3) is 4.81. The Morgan fingerprint density at radius 3 is 2.71 bits per heavy atom. The molecule has 1 aromatic heterocycles. The summed E-state index contributed by atoms with van der Waals surface area (Å²) in [4.78, 5) is 6.53. The highest BCUT2D eigenvalue weighted by Gasteiger charge is 2.07. The van der Waals surface area contributed by atoms with Crippen LogP contribution in [0.3, 0.4) is 0 Å². The molecule has 2 N–H and O–H groups in total. The Morgan fingerprint density at radius 2 is 1.94 bits per heavy atom. The first-order chi connectivity index (χ1) is 8.45. The van der Waals surface area contributed by atoms with E-state index in [1.54, 1.807) is 0 Å². The van der Waals surface area contributed by atoms with Crippen molar-refractivity contribution < 1.29 is 0 Å². The van der Waals surface area contributed by atoms with Gasteiger partial charge >= 0.3 is 0 Å². The van der Waals surface area contributed by atoms with Gasteiger partial charge in [0.25, 0.3) is 0 Å². The van der Waals surface area contributed by atoms with Crippen molar-refractivity contribution in [2.24, 2.45) is 0 Å². The summed E-state index contributed by atoms with van der Waals surface area (Å²) in [6, 6.07) is 4.16. The Bertz CT molecular complexity index is 296. The van der Waals surface area contributed by atoms with Crippen LogP contribution >= 0.6 is 0 Å². The minimum absolute atomic E-state index is 1.05. The van der Waals surface area contributed by atoms with Crippen LogP contribution in [-0.4, -0.2) is 55.7 Å². The predicted molar refractivity (Wildman–Crippen MR) is 70.1 cm³/mol. The second-order valence-electron chi connectivity index (χ2n) is 4.45. The van der Waals surface area contributed by atoms with Crippen LogP contribution in [0, 0.1) is 0 Å². The number of nitrogens with zero attached hydrogens (tertiary/aromatic N) is 2. The summed E-state index contributed by atoms with van der Waals surface area (Å²) in [6.45, 7) is 7.95. The molecule has 1 fully saturated rings. The third-order valence-electron chi connectivity index (χ3n) is 3.15. The monoisotopic (exact) mass is 234 g/mol. The smallest absolute Gasteiger partial charge is 0.0270 e. The van der Waals surface area contributed by atoms with E-state index in [9.17, 15) is 0 Å². The third-order valence-corrected chi connectivity index (χ3v) is 3.15. The van der Waals surface area contributed by atoms with Crippen molar-refractivity contribution >= 4 is 0 Å². The van der Waals surface area contributed by atoms with Gasteiger partial charge in [0.2, 0.25) is 0 Å². The Kier molecular flexibility index (Phi) is 5.42. The highest BCUT2D eigenvalue weighted by Crippen LogP contribution is 1.96. The van der Waals surface area contributed by atoms with E-state index in [-0.39, 0.29) is 0 Å². The number of hydrogen-bond donors (Lipinski definition) is 2. The summed E-state index contributed by atoms with van der Waals surface area (Å²) in [6.07, 6.45) is 4.80. The molecule has 0 unspecified atom stereocenters. The molecule has 0 amide bonds. The molecule has 1 saturated heterocycles. The van der Waals surface area contributed by atoms with Crippen LogP contribution in [0.1, 0.15) is 5.56 Å². The molecule has 0 aliphatic carbocycles. The molecule has 1 aliphatic rings. The average molecular weight is 234 g/mol.